The molecule has 0 aliphatic heterocycles. The number of halogens is 2. The first-order chi connectivity index (χ1) is 14.5. The van der Waals surface area contributed by atoms with E-state index < -0.39 is 17.6 Å². The van der Waals surface area contributed by atoms with E-state index in [0.29, 0.717) is 11.3 Å². The molecule has 0 radical (unpaired) electrons. The summed E-state index contributed by atoms with van der Waals surface area (Å²) in [5.74, 6) is -1.77. The van der Waals surface area contributed by atoms with Crippen molar-refractivity contribution in [1.29, 1.82) is 0 Å². The summed E-state index contributed by atoms with van der Waals surface area (Å²) in [5.41, 5.74) is 2.64. The van der Waals surface area contributed by atoms with Crippen LogP contribution in [0.3, 0.4) is 0 Å². The molecule has 0 aliphatic carbocycles. The highest BCUT2D eigenvalue weighted by Crippen LogP contribution is 2.30. The third kappa shape index (κ3) is 5.22. The van der Waals surface area contributed by atoms with Gasteiger partial charge >= 0.3 is 0 Å². The molecule has 0 aliphatic rings. The number of nitrogens with one attached hydrogen (secondary N) is 2. The summed E-state index contributed by atoms with van der Waals surface area (Å²) >= 11 is 5.76. The fourth-order valence-electron chi connectivity index (χ4n) is 2.57. The van der Waals surface area contributed by atoms with Crippen molar-refractivity contribution in [3.63, 3.8) is 0 Å². The second kappa shape index (κ2) is 9.69. The fourth-order valence-corrected chi connectivity index (χ4v) is 2.73. The number of benzene rings is 3. The number of hydrogen-bond acceptors (Lipinski definition) is 4. The van der Waals surface area contributed by atoms with Gasteiger partial charge in [-0.25, -0.2) is 9.87 Å². The molecular formula is C22H16ClFN2O4. The zero-order chi connectivity index (χ0) is 21.5. The van der Waals surface area contributed by atoms with Gasteiger partial charge in [-0.15, -0.1) is 0 Å². The first-order valence-electron chi connectivity index (χ1n) is 8.72. The lowest BCUT2D eigenvalue weighted by Crippen LogP contribution is -2.15. The predicted octanol–water partition coefficient (Wildman–Crippen LogP) is 5.04. The van der Waals surface area contributed by atoms with Gasteiger partial charge in [-0.3, -0.25) is 14.8 Å². The Hall–Kier alpha value is -3.68. The maximum absolute atomic E-state index is 14.1. The summed E-state index contributed by atoms with van der Waals surface area (Å²) in [4.78, 5) is 24.1. The van der Waals surface area contributed by atoms with Gasteiger partial charge in [-0.1, -0.05) is 41.9 Å². The van der Waals surface area contributed by atoms with Crippen LogP contribution in [0.15, 0.2) is 72.8 Å². The van der Waals surface area contributed by atoms with Crippen molar-refractivity contribution in [3.8, 4) is 11.5 Å². The molecule has 30 heavy (non-hydrogen) atoms. The van der Waals surface area contributed by atoms with Crippen molar-refractivity contribution in [1.82, 2.24) is 5.48 Å². The average molecular weight is 427 g/mol. The summed E-state index contributed by atoms with van der Waals surface area (Å²) in [6, 6.07) is 17.1. The Balaban J connectivity index is 1.85. The molecule has 0 bridgehead atoms. The van der Waals surface area contributed by atoms with Gasteiger partial charge < -0.3 is 10.1 Å². The van der Waals surface area contributed by atoms with Crippen molar-refractivity contribution < 1.29 is 23.9 Å². The van der Waals surface area contributed by atoms with Crippen molar-refractivity contribution in [2.24, 2.45) is 0 Å². The second-order valence-corrected chi connectivity index (χ2v) is 6.46. The number of hydrogen-bond donors (Lipinski definition) is 3. The van der Waals surface area contributed by atoms with E-state index in [0.717, 1.165) is 12.1 Å². The molecule has 152 valence electrons. The Kier molecular flexibility index (Phi) is 6.79. The Morgan fingerprint density at radius 2 is 1.73 bits per heavy atom. The van der Waals surface area contributed by atoms with Gasteiger partial charge in [0.05, 0.1) is 5.56 Å². The minimum absolute atomic E-state index is 0.0713. The first-order valence-corrected chi connectivity index (χ1v) is 9.10. The standard InChI is InChI=1S/C22H16ClFN2O4/c23-15-10-11-20(17(24)13-15)30-19-8-4-2-6-16(19)22(28)25-18-7-3-1-5-14(18)9-12-21(27)26-29/h1-13,29H,(H,25,28)(H,26,27). The molecule has 3 aromatic carbocycles. The van der Waals surface area contributed by atoms with E-state index in [1.807, 2.05) is 0 Å². The van der Waals surface area contributed by atoms with Crippen LogP contribution in [-0.4, -0.2) is 17.0 Å². The van der Waals surface area contributed by atoms with Crippen LogP contribution in [0.2, 0.25) is 5.02 Å². The van der Waals surface area contributed by atoms with Crippen molar-refractivity contribution in [2.45, 2.75) is 0 Å². The molecule has 3 aromatic rings. The zero-order valence-corrected chi connectivity index (χ0v) is 16.2. The average Bonchev–Trinajstić information content (AvgIpc) is 2.75. The van der Waals surface area contributed by atoms with Crippen molar-refractivity contribution in [2.75, 3.05) is 5.32 Å². The van der Waals surface area contributed by atoms with Gasteiger partial charge in [0.15, 0.2) is 11.6 Å². The molecule has 3 rings (SSSR count). The largest absolute Gasteiger partial charge is 0.453 e. The number of carbonyl (C=O) groups is 2. The summed E-state index contributed by atoms with van der Waals surface area (Å²) in [6.45, 7) is 0. The summed E-state index contributed by atoms with van der Waals surface area (Å²) in [5, 5.41) is 11.6. The first kappa shape index (κ1) is 21.0. The van der Waals surface area contributed by atoms with Crippen LogP contribution in [0, 0.1) is 5.82 Å². The Bertz CT molecular complexity index is 1120. The summed E-state index contributed by atoms with van der Waals surface area (Å²) in [7, 11) is 0. The van der Waals surface area contributed by atoms with E-state index in [4.69, 9.17) is 21.5 Å². The third-order valence-electron chi connectivity index (χ3n) is 3.98. The van der Waals surface area contributed by atoms with Crippen molar-refractivity contribution in [3.05, 3.63) is 94.8 Å². The van der Waals surface area contributed by atoms with Gasteiger partial charge in [0.1, 0.15) is 5.75 Å². The number of para-hydroxylation sites is 2. The van der Waals surface area contributed by atoms with E-state index in [1.165, 1.54) is 29.8 Å². The number of ether oxygens (including phenoxy) is 1. The number of rotatable bonds is 6. The number of hydroxylamine groups is 1. The minimum atomic E-state index is -0.708. The van der Waals surface area contributed by atoms with E-state index in [2.05, 4.69) is 5.32 Å². The van der Waals surface area contributed by atoms with E-state index >= 15 is 0 Å². The SMILES string of the molecule is O=C(C=Cc1ccccc1NC(=O)c1ccccc1Oc1ccc(Cl)cc1F)NO. The Morgan fingerprint density at radius 1 is 1.00 bits per heavy atom. The van der Waals surface area contributed by atoms with Gasteiger partial charge in [0, 0.05) is 16.8 Å². The van der Waals surface area contributed by atoms with Gasteiger partial charge in [0.25, 0.3) is 11.8 Å². The van der Waals surface area contributed by atoms with Crippen LogP contribution in [0.4, 0.5) is 10.1 Å². The molecule has 3 N–H and O–H groups in total. The lowest BCUT2D eigenvalue weighted by molar-refractivity contribution is -0.124. The lowest BCUT2D eigenvalue weighted by Gasteiger charge is -2.13. The van der Waals surface area contributed by atoms with Gasteiger partial charge in [0.2, 0.25) is 0 Å². The fraction of sp³-hybridized carbons (Fsp3) is 0. The molecule has 6 nitrogen and oxygen atoms in total. The minimum Gasteiger partial charge on any atom is -0.453 e. The molecule has 2 amide bonds. The highest BCUT2D eigenvalue weighted by atomic mass is 35.5. The molecule has 8 heteroatoms. The number of carbonyl (C=O) groups excluding carboxylic acids is 2. The lowest BCUT2D eigenvalue weighted by atomic mass is 10.1. The van der Waals surface area contributed by atoms with Crippen LogP contribution in [0.1, 0.15) is 15.9 Å². The van der Waals surface area contributed by atoms with Crippen LogP contribution in [0.5, 0.6) is 11.5 Å². The van der Waals surface area contributed by atoms with E-state index in [1.54, 1.807) is 42.5 Å². The molecule has 0 saturated carbocycles. The molecule has 0 fully saturated rings. The second-order valence-electron chi connectivity index (χ2n) is 6.02. The van der Waals surface area contributed by atoms with Gasteiger partial charge in [-0.2, -0.15) is 0 Å². The molecule has 0 heterocycles. The molecule has 0 saturated heterocycles. The number of anilines is 1. The molecule has 0 atom stereocenters. The molecule has 0 aromatic heterocycles. The predicted molar refractivity (Wildman–Crippen MR) is 111 cm³/mol. The van der Waals surface area contributed by atoms with Crippen LogP contribution >= 0.6 is 11.6 Å². The summed E-state index contributed by atoms with van der Waals surface area (Å²) in [6.07, 6.45) is 2.55. The maximum atomic E-state index is 14.1. The highest BCUT2D eigenvalue weighted by Gasteiger charge is 2.15. The highest BCUT2D eigenvalue weighted by molar-refractivity contribution is 6.30. The third-order valence-corrected chi connectivity index (χ3v) is 4.21. The normalized spacial score (nSPS) is 10.6. The van der Waals surface area contributed by atoms with Crippen LogP contribution in [0.25, 0.3) is 6.08 Å². The topological polar surface area (TPSA) is 87.7 Å². The van der Waals surface area contributed by atoms with Crippen molar-refractivity contribution >= 4 is 35.2 Å². The molecule has 0 spiro atoms. The zero-order valence-electron chi connectivity index (χ0n) is 15.4. The van der Waals surface area contributed by atoms with Gasteiger partial charge in [-0.05, 0) is 48.0 Å². The van der Waals surface area contributed by atoms with Crippen LogP contribution < -0.4 is 15.5 Å². The quantitative estimate of drug-likeness (QED) is 0.292. The number of amides is 2. The Labute approximate surface area is 176 Å². The molecule has 0 unspecified atom stereocenters. The van der Waals surface area contributed by atoms with Crippen LogP contribution in [-0.2, 0) is 4.79 Å². The maximum Gasteiger partial charge on any atom is 0.267 e. The smallest absolute Gasteiger partial charge is 0.267 e. The monoisotopic (exact) mass is 426 g/mol. The van der Waals surface area contributed by atoms with E-state index in [9.17, 15) is 14.0 Å². The summed E-state index contributed by atoms with van der Waals surface area (Å²) < 4.78 is 19.7. The van der Waals surface area contributed by atoms with E-state index in [-0.39, 0.29) is 22.1 Å². The Morgan fingerprint density at radius 3 is 2.50 bits per heavy atom. The molecular weight excluding hydrogens is 411 g/mol.